The van der Waals surface area contributed by atoms with Gasteiger partial charge in [-0.25, -0.2) is 0 Å². The maximum Gasteiger partial charge on any atom is 0.298 e. The van der Waals surface area contributed by atoms with Crippen LogP contribution in [0.5, 0.6) is 0 Å². The molecule has 134 valence electrons. The van der Waals surface area contributed by atoms with Crippen molar-refractivity contribution in [1.82, 2.24) is 0 Å². The summed E-state index contributed by atoms with van der Waals surface area (Å²) in [6, 6.07) is 15.1. The molecule has 2 aliphatic carbocycles. The van der Waals surface area contributed by atoms with Crippen molar-refractivity contribution in [3.05, 3.63) is 91.0 Å². The predicted octanol–water partition coefficient (Wildman–Crippen LogP) is 4.01. The van der Waals surface area contributed by atoms with Crippen molar-refractivity contribution >= 4 is 0 Å². The van der Waals surface area contributed by atoms with E-state index in [2.05, 4.69) is 0 Å². The fraction of sp³-hybridized carbons (Fsp3) is 0.400. The van der Waals surface area contributed by atoms with E-state index in [1.54, 1.807) is 0 Å². The van der Waals surface area contributed by atoms with E-state index in [0.29, 0.717) is 0 Å². The average Bonchev–Trinajstić information content (AvgIpc) is 3.48. The fourth-order valence-corrected chi connectivity index (χ4v) is 4.57. The van der Waals surface area contributed by atoms with Crippen LogP contribution in [-0.2, 0) is 0 Å². The Morgan fingerprint density at radius 3 is 1.31 bits per heavy atom. The van der Waals surface area contributed by atoms with E-state index in [1.165, 1.54) is 0 Å². The summed E-state index contributed by atoms with van der Waals surface area (Å²) >= 11 is 0. The van der Waals surface area contributed by atoms with Crippen molar-refractivity contribution in [1.29, 1.82) is 0 Å². The lowest BCUT2D eigenvalue weighted by atomic mass is 9.93. The van der Waals surface area contributed by atoms with E-state index in [9.17, 15) is 20.2 Å². The van der Waals surface area contributed by atoms with Crippen LogP contribution in [0.25, 0.3) is 0 Å². The van der Waals surface area contributed by atoms with Gasteiger partial charge in [0.15, 0.2) is 0 Å². The van der Waals surface area contributed by atoms with Gasteiger partial charge in [-0.05, 0) is 25.0 Å². The summed E-state index contributed by atoms with van der Waals surface area (Å²) in [5.74, 6) is -0.808. The van der Waals surface area contributed by atoms with Crippen molar-refractivity contribution in [3.63, 3.8) is 0 Å². The van der Waals surface area contributed by atoms with Crippen LogP contribution in [0.3, 0.4) is 0 Å². The lowest BCUT2D eigenvalue weighted by molar-refractivity contribution is -0.644. The third kappa shape index (κ3) is 2.11. The zero-order valence-corrected chi connectivity index (χ0v) is 14.7. The molecule has 2 aromatic carbocycles. The molecule has 6 nitrogen and oxygen atoms in total. The SMILES string of the molecule is Cc1ccc([C@@H]2C[C@]2([N+](=O)[O-])[C@@]2([N+](=O)[O-])C[C@H]2c2ccc(C)cc2)cc1. The van der Waals surface area contributed by atoms with Gasteiger partial charge >= 0.3 is 0 Å². The van der Waals surface area contributed by atoms with Crippen LogP contribution in [0.4, 0.5) is 0 Å². The molecule has 0 radical (unpaired) electrons. The molecule has 26 heavy (non-hydrogen) atoms. The normalized spacial score (nSPS) is 32.1. The van der Waals surface area contributed by atoms with Gasteiger partial charge in [0, 0.05) is 22.7 Å². The number of hydrogen-bond donors (Lipinski definition) is 0. The zero-order chi connectivity index (χ0) is 18.7. The molecule has 2 aliphatic rings. The van der Waals surface area contributed by atoms with Crippen molar-refractivity contribution in [3.8, 4) is 0 Å². The van der Waals surface area contributed by atoms with Crippen LogP contribution in [0, 0.1) is 34.1 Å². The third-order valence-corrected chi connectivity index (χ3v) is 6.22. The first-order chi connectivity index (χ1) is 12.3. The van der Waals surface area contributed by atoms with E-state index in [0.717, 1.165) is 22.3 Å². The number of nitro groups is 2. The molecule has 0 unspecified atom stereocenters. The second-order valence-corrected chi connectivity index (χ2v) is 7.70. The Kier molecular flexibility index (Phi) is 3.45. The summed E-state index contributed by atoms with van der Waals surface area (Å²) in [6.07, 6.45) is 0.457. The predicted molar refractivity (Wildman–Crippen MR) is 96.5 cm³/mol. The minimum atomic E-state index is -1.51. The lowest BCUT2D eigenvalue weighted by Gasteiger charge is -2.16. The van der Waals surface area contributed by atoms with Gasteiger partial charge in [0.05, 0.1) is 11.8 Å². The number of rotatable bonds is 5. The van der Waals surface area contributed by atoms with E-state index in [-0.39, 0.29) is 22.7 Å². The molecule has 0 bridgehead atoms. The maximum absolute atomic E-state index is 12.1. The Morgan fingerprint density at radius 1 is 0.731 bits per heavy atom. The molecule has 6 heteroatoms. The summed E-state index contributed by atoms with van der Waals surface area (Å²) in [6.45, 7) is 3.90. The molecule has 0 aromatic heterocycles. The quantitative estimate of drug-likeness (QED) is 0.601. The van der Waals surface area contributed by atoms with Crippen LogP contribution >= 0.6 is 0 Å². The van der Waals surface area contributed by atoms with Crippen LogP contribution in [0.2, 0.25) is 0 Å². The zero-order valence-electron chi connectivity index (χ0n) is 14.7. The largest absolute Gasteiger partial charge is 0.298 e. The van der Waals surface area contributed by atoms with E-state index >= 15 is 0 Å². The van der Waals surface area contributed by atoms with E-state index in [1.807, 2.05) is 62.4 Å². The highest BCUT2D eigenvalue weighted by Crippen LogP contribution is 2.73. The lowest BCUT2D eigenvalue weighted by Crippen LogP contribution is -2.46. The van der Waals surface area contributed by atoms with E-state index < -0.39 is 22.9 Å². The highest BCUT2D eigenvalue weighted by atomic mass is 16.7. The van der Waals surface area contributed by atoms with Gasteiger partial charge in [0.25, 0.3) is 11.1 Å². The number of aryl methyl sites for hydroxylation is 2. The van der Waals surface area contributed by atoms with Gasteiger partial charge in [0.1, 0.15) is 0 Å². The molecule has 2 aromatic rings. The Hall–Kier alpha value is -2.76. The van der Waals surface area contributed by atoms with E-state index in [4.69, 9.17) is 0 Å². The second-order valence-electron chi connectivity index (χ2n) is 7.70. The molecular weight excluding hydrogens is 332 g/mol. The summed E-state index contributed by atoms with van der Waals surface area (Å²) in [7, 11) is 0. The minimum absolute atomic E-state index is 0.229. The van der Waals surface area contributed by atoms with Crippen LogP contribution in [0.15, 0.2) is 48.5 Å². The van der Waals surface area contributed by atoms with Gasteiger partial charge < -0.3 is 0 Å². The molecule has 0 aliphatic heterocycles. The van der Waals surface area contributed by atoms with Crippen molar-refractivity contribution in [2.75, 3.05) is 0 Å². The first-order valence-corrected chi connectivity index (χ1v) is 8.75. The Labute approximate surface area is 151 Å². The summed E-state index contributed by atoms with van der Waals surface area (Å²) in [5, 5.41) is 24.1. The maximum atomic E-state index is 12.1. The summed E-state index contributed by atoms with van der Waals surface area (Å²) in [4.78, 5) is 23.4. The summed E-state index contributed by atoms with van der Waals surface area (Å²) in [5.41, 5.74) is 0.747. The van der Waals surface area contributed by atoms with Crippen molar-refractivity contribution in [2.24, 2.45) is 0 Å². The molecule has 2 saturated carbocycles. The van der Waals surface area contributed by atoms with Gasteiger partial charge in [-0.2, -0.15) is 0 Å². The van der Waals surface area contributed by atoms with Crippen LogP contribution in [-0.4, -0.2) is 20.9 Å². The van der Waals surface area contributed by atoms with Gasteiger partial charge in [-0.3, -0.25) is 20.2 Å². The topological polar surface area (TPSA) is 86.3 Å². The molecule has 4 rings (SSSR count). The molecule has 0 heterocycles. The highest BCUT2D eigenvalue weighted by Gasteiger charge is 2.93. The smallest absolute Gasteiger partial charge is 0.264 e. The summed E-state index contributed by atoms with van der Waals surface area (Å²) < 4.78 is 0. The van der Waals surface area contributed by atoms with Crippen LogP contribution < -0.4 is 0 Å². The molecule has 0 saturated heterocycles. The van der Waals surface area contributed by atoms with Crippen LogP contribution in [0.1, 0.15) is 46.9 Å². The molecular formula is C20H20N2O4. The number of nitrogens with zero attached hydrogens (tertiary/aromatic N) is 2. The van der Waals surface area contributed by atoms with Crippen molar-refractivity contribution < 1.29 is 9.85 Å². The third-order valence-electron chi connectivity index (χ3n) is 6.22. The van der Waals surface area contributed by atoms with Gasteiger partial charge in [0.2, 0.25) is 0 Å². The first kappa shape index (κ1) is 16.7. The Balaban J connectivity index is 1.74. The minimum Gasteiger partial charge on any atom is -0.264 e. The molecule has 4 atom stereocenters. The first-order valence-electron chi connectivity index (χ1n) is 8.75. The number of benzene rings is 2. The molecule has 2 fully saturated rings. The molecule has 0 amide bonds. The highest BCUT2D eigenvalue weighted by molar-refractivity contribution is 5.45. The van der Waals surface area contributed by atoms with Gasteiger partial charge in [-0.15, -0.1) is 0 Å². The second kappa shape index (κ2) is 5.37. The average molecular weight is 352 g/mol. The van der Waals surface area contributed by atoms with Crippen molar-refractivity contribution in [2.45, 2.75) is 49.6 Å². The van der Waals surface area contributed by atoms with Gasteiger partial charge in [-0.1, -0.05) is 59.7 Å². The monoisotopic (exact) mass is 352 g/mol. The standard InChI is InChI=1S/C20H20N2O4/c1-13-3-7-15(8-4-13)17-11-19(17,21(23)24)20(22(25)26)12-18(20)16-9-5-14(2)6-10-16/h3-10,17-18H,11-12H2,1-2H3/t17-,18-,19+,20+/m0/s1. The Morgan fingerprint density at radius 2 is 1.04 bits per heavy atom. The molecule has 0 N–H and O–H groups in total. The number of hydrogen-bond acceptors (Lipinski definition) is 4. The molecule has 0 spiro atoms. The Bertz CT molecular complexity index is 818. The fourth-order valence-electron chi connectivity index (χ4n) is 4.57.